The second-order valence-electron chi connectivity index (χ2n) is 3.01. The van der Waals surface area contributed by atoms with Crippen molar-refractivity contribution in [1.29, 1.82) is 0 Å². The predicted octanol–water partition coefficient (Wildman–Crippen LogP) is 0.762. The molecule has 0 aliphatic heterocycles. The summed E-state index contributed by atoms with van der Waals surface area (Å²) in [6.45, 7) is -0.0864. The van der Waals surface area contributed by atoms with Gasteiger partial charge in [0.2, 0.25) is 5.91 Å². The van der Waals surface area contributed by atoms with Gasteiger partial charge in [0.1, 0.15) is 12.3 Å². The summed E-state index contributed by atoms with van der Waals surface area (Å²) in [6, 6.07) is 3.96. The fourth-order valence-corrected chi connectivity index (χ4v) is 1.13. The summed E-state index contributed by atoms with van der Waals surface area (Å²) in [5.74, 6) is -0.351. The number of rotatable bonds is 4. The van der Waals surface area contributed by atoms with Gasteiger partial charge in [0.05, 0.1) is 4.92 Å². The van der Waals surface area contributed by atoms with Crippen LogP contribution in [0.15, 0.2) is 18.2 Å². The number of nitro groups is 1. The minimum Gasteiger partial charge on any atom is -0.393 e. The molecule has 16 heavy (non-hydrogen) atoms. The fourth-order valence-electron chi connectivity index (χ4n) is 1.13. The molecule has 0 saturated carbocycles. The summed E-state index contributed by atoms with van der Waals surface area (Å²) in [5.41, 5.74) is 5.65. The Morgan fingerprint density at radius 1 is 1.62 bits per heavy atom. The van der Waals surface area contributed by atoms with E-state index >= 15 is 0 Å². The van der Waals surface area contributed by atoms with Gasteiger partial charge in [-0.3, -0.25) is 14.9 Å². The first-order valence-corrected chi connectivity index (χ1v) is 4.37. The molecule has 86 valence electrons. The van der Waals surface area contributed by atoms with Gasteiger partial charge >= 0.3 is 0 Å². The highest BCUT2D eigenvalue weighted by atomic mass is 16.6. The number of methoxy groups -OCH3 is 1. The number of nitrogens with zero attached hydrogens (tertiary/aromatic N) is 1. The number of amides is 1. The molecule has 0 bridgehead atoms. The second kappa shape index (κ2) is 5.08. The lowest BCUT2D eigenvalue weighted by Gasteiger charge is -2.05. The van der Waals surface area contributed by atoms with Gasteiger partial charge in [-0.25, -0.2) is 0 Å². The Hall–Kier alpha value is -2.15. The van der Waals surface area contributed by atoms with Crippen LogP contribution in [-0.4, -0.2) is 24.5 Å². The van der Waals surface area contributed by atoms with Crippen LogP contribution in [0, 0.1) is 10.1 Å². The van der Waals surface area contributed by atoms with Gasteiger partial charge in [0, 0.05) is 18.9 Å². The van der Waals surface area contributed by atoms with Crippen LogP contribution in [0.25, 0.3) is 0 Å². The van der Waals surface area contributed by atoms with E-state index < -0.39 is 4.92 Å². The van der Waals surface area contributed by atoms with Crippen molar-refractivity contribution in [3.05, 3.63) is 28.3 Å². The predicted molar refractivity (Wildman–Crippen MR) is 58.0 cm³/mol. The summed E-state index contributed by atoms with van der Waals surface area (Å²) in [4.78, 5) is 21.0. The summed E-state index contributed by atoms with van der Waals surface area (Å²) in [5, 5.41) is 13.0. The monoisotopic (exact) mass is 225 g/mol. The average Bonchev–Trinajstić information content (AvgIpc) is 2.17. The zero-order valence-electron chi connectivity index (χ0n) is 8.60. The minimum atomic E-state index is -0.587. The Morgan fingerprint density at radius 2 is 2.31 bits per heavy atom. The van der Waals surface area contributed by atoms with E-state index in [0.29, 0.717) is 5.69 Å². The number of carbonyl (C=O) groups excluding carboxylic acids is 1. The van der Waals surface area contributed by atoms with Crippen LogP contribution in [0.5, 0.6) is 0 Å². The van der Waals surface area contributed by atoms with Crippen LogP contribution in [-0.2, 0) is 9.53 Å². The maximum atomic E-state index is 11.1. The standard InChI is InChI=1S/C9H11N3O4/c1-16-5-9(13)11-6-2-3-8(12(14)15)7(10)4-6/h2-4H,5,10H2,1H3,(H,11,13). The van der Waals surface area contributed by atoms with Gasteiger partial charge in [-0.2, -0.15) is 0 Å². The highest BCUT2D eigenvalue weighted by molar-refractivity contribution is 5.92. The maximum absolute atomic E-state index is 11.1. The number of carbonyl (C=O) groups is 1. The van der Waals surface area contributed by atoms with Crippen molar-refractivity contribution in [2.75, 3.05) is 24.8 Å². The molecule has 0 aliphatic carbocycles. The number of ether oxygens (including phenoxy) is 1. The van der Waals surface area contributed by atoms with Gasteiger partial charge in [-0.15, -0.1) is 0 Å². The van der Waals surface area contributed by atoms with Gasteiger partial charge in [-0.1, -0.05) is 0 Å². The van der Waals surface area contributed by atoms with Crippen molar-refractivity contribution in [2.24, 2.45) is 0 Å². The molecule has 7 heteroatoms. The zero-order chi connectivity index (χ0) is 12.1. The van der Waals surface area contributed by atoms with E-state index in [-0.39, 0.29) is 23.9 Å². The number of hydrogen-bond acceptors (Lipinski definition) is 5. The van der Waals surface area contributed by atoms with Crippen molar-refractivity contribution in [3.8, 4) is 0 Å². The van der Waals surface area contributed by atoms with Crippen LogP contribution in [0.3, 0.4) is 0 Å². The number of nitrogens with one attached hydrogen (secondary N) is 1. The normalized spacial score (nSPS) is 9.81. The van der Waals surface area contributed by atoms with Crippen molar-refractivity contribution >= 4 is 23.0 Å². The fraction of sp³-hybridized carbons (Fsp3) is 0.222. The molecule has 0 radical (unpaired) electrons. The topological polar surface area (TPSA) is 107 Å². The van der Waals surface area contributed by atoms with E-state index in [0.717, 1.165) is 0 Å². The largest absolute Gasteiger partial charge is 0.393 e. The highest BCUT2D eigenvalue weighted by Crippen LogP contribution is 2.24. The van der Waals surface area contributed by atoms with Crippen molar-refractivity contribution in [3.63, 3.8) is 0 Å². The Morgan fingerprint density at radius 3 is 2.81 bits per heavy atom. The molecule has 1 amide bonds. The zero-order valence-corrected chi connectivity index (χ0v) is 8.60. The lowest BCUT2D eigenvalue weighted by atomic mass is 10.2. The van der Waals surface area contributed by atoms with Crippen molar-refractivity contribution in [2.45, 2.75) is 0 Å². The number of nitrogen functional groups attached to an aromatic ring is 1. The molecule has 0 atom stereocenters. The van der Waals surface area contributed by atoms with E-state index in [1.807, 2.05) is 0 Å². The first kappa shape index (κ1) is 11.9. The lowest BCUT2D eigenvalue weighted by molar-refractivity contribution is -0.383. The van der Waals surface area contributed by atoms with E-state index in [1.54, 1.807) is 0 Å². The molecule has 0 spiro atoms. The third-order valence-electron chi connectivity index (χ3n) is 1.78. The quantitative estimate of drug-likeness (QED) is 0.447. The molecule has 0 unspecified atom stereocenters. The molecule has 0 aliphatic rings. The highest BCUT2D eigenvalue weighted by Gasteiger charge is 2.11. The Bertz CT molecular complexity index is 419. The van der Waals surface area contributed by atoms with Crippen LogP contribution in [0.4, 0.5) is 17.1 Å². The van der Waals surface area contributed by atoms with Crippen molar-refractivity contribution in [1.82, 2.24) is 0 Å². The molecular weight excluding hydrogens is 214 g/mol. The first-order valence-electron chi connectivity index (χ1n) is 4.37. The molecule has 0 heterocycles. The van der Waals surface area contributed by atoms with Gasteiger partial charge < -0.3 is 15.8 Å². The third kappa shape index (κ3) is 2.92. The molecule has 3 N–H and O–H groups in total. The first-order chi connectivity index (χ1) is 7.54. The number of nitrogens with two attached hydrogens (primary N) is 1. The molecule has 1 aromatic rings. The minimum absolute atomic E-state index is 0.000201. The van der Waals surface area contributed by atoms with Crippen LogP contribution in [0.2, 0.25) is 0 Å². The molecule has 1 aromatic carbocycles. The average molecular weight is 225 g/mol. The third-order valence-corrected chi connectivity index (χ3v) is 1.78. The summed E-state index contributed by atoms with van der Waals surface area (Å²) in [7, 11) is 1.39. The number of anilines is 2. The Labute approximate surface area is 91.3 Å². The van der Waals surface area contributed by atoms with E-state index in [4.69, 9.17) is 5.73 Å². The number of hydrogen-bond donors (Lipinski definition) is 2. The van der Waals surface area contributed by atoms with E-state index in [9.17, 15) is 14.9 Å². The molecule has 0 fully saturated rings. The van der Waals surface area contributed by atoms with Crippen LogP contribution < -0.4 is 11.1 Å². The molecular formula is C9H11N3O4. The van der Waals surface area contributed by atoms with E-state index in [2.05, 4.69) is 10.1 Å². The number of benzene rings is 1. The Kier molecular flexibility index (Phi) is 3.78. The lowest BCUT2D eigenvalue weighted by Crippen LogP contribution is -2.17. The van der Waals surface area contributed by atoms with Gasteiger partial charge in [-0.05, 0) is 12.1 Å². The van der Waals surface area contributed by atoms with Crippen LogP contribution in [0.1, 0.15) is 0 Å². The molecule has 0 saturated heterocycles. The second-order valence-corrected chi connectivity index (χ2v) is 3.01. The maximum Gasteiger partial charge on any atom is 0.292 e. The van der Waals surface area contributed by atoms with E-state index in [1.165, 1.54) is 25.3 Å². The van der Waals surface area contributed by atoms with Gasteiger partial charge in [0.25, 0.3) is 5.69 Å². The SMILES string of the molecule is COCC(=O)Nc1ccc([N+](=O)[O-])c(N)c1. The smallest absolute Gasteiger partial charge is 0.292 e. The van der Waals surface area contributed by atoms with Gasteiger partial charge in [0.15, 0.2) is 0 Å². The molecule has 1 rings (SSSR count). The summed E-state index contributed by atoms with van der Waals surface area (Å²) >= 11 is 0. The molecule has 7 nitrogen and oxygen atoms in total. The summed E-state index contributed by atoms with van der Waals surface area (Å²) in [6.07, 6.45) is 0. The van der Waals surface area contributed by atoms with Crippen molar-refractivity contribution < 1.29 is 14.5 Å². The van der Waals surface area contributed by atoms with Crippen LogP contribution >= 0.6 is 0 Å². The Balaban J connectivity index is 2.81. The summed E-state index contributed by atoms with van der Waals surface area (Å²) < 4.78 is 4.62. The molecule has 0 aromatic heterocycles. The number of nitro benzene ring substituents is 1.